The minimum absolute atomic E-state index is 0.0324. The molecule has 0 spiro atoms. The first kappa shape index (κ1) is 17.2. The zero-order valence-electron chi connectivity index (χ0n) is 15.1. The van der Waals surface area contributed by atoms with Crippen LogP contribution in [0.2, 0.25) is 0 Å². The molecular weight excluding hydrogens is 342 g/mol. The van der Waals surface area contributed by atoms with Gasteiger partial charge in [0.2, 0.25) is 0 Å². The fourth-order valence-electron chi connectivity index (χ4n) is 3.57. The van der Waals surface area contributed by atoms with Crippen molar-refractivity contribution < 1.29 is 4.79 Å². The van der Waals surface area contributed by atoms with Gasteiger partial charge in [0, 0.05) is 61.9 Å². The average molecular weight is 363 g/mol. The maximum atomic E-state index is 12.9. The highest BCUT2D eigenvalue weighted by Gasteiger charge is 2.25. The maximum Gasteiger partial charge on any atom is 0.293 e. The van der Waals surface area contributed by atoms with Crippen molar-refractivity contribution in [2.45, 2.75) is 18.9 Å². The number of rotatable bonds is 3. The molecule has 1 aromatic carbocycles. The second kappa shape index (κ2) is 7.19. The van der Waals surface area contributed by atoms with Crippen LogP contribution in [0.15, 0.2) is 53.8 Å². The Morgan fingerprint density at radius 3 is 3.04 bits per heavy atom. The lowest BCUT2D eigenvalue weighted by Gasteiger charge is -2.33. The first-order valence-corrected chi connectivity index (χ1v) is 9.03. The van der Waals surface area contributed by atoms with Gasteiger partial charge in [0.05, 0.1) is 0 Å². The molecule has 1 amide bonds. The Morgan fingerprint density at radius 2 is 2.15 bits per heavy atom. The van der Waals surface area contributed by atoms with Crippen molar-refractivity contribution in [3.8, 4) is 0 Å². The lowest BCUT2D eigenvalue weighted by molar-refractivity contribution is 0.0935. The molecule has 2 aromatic heterocycles. The van der Waals surface area contributed by atoms with Gasteiger partial charge in [-0.05, 0) is 30.4 Å². The van der Waals surface area contributed by atoms with E-state index in [1.165, 1.54) is 4.57 Å². The van der Waals surface area contributed by atoms with Gasteiger partial charge in [0.25, 0.3) is 11.5 Å². The van der Waals surface area contributed by atoms with Gasteiger partial charge < -0.3 is 14.8 Å². The summed E-state index contributed by atoms with van der Waals surface area (Å²) in [5.74, 6) is 0.336. The Kier molecular flexibility index (Phi) is 4.58. The van der Waals surface area contributed by atoms with E-state index in [2.05, 4.69) is 15.3 Å². The largest absolute Gasteiger partial charge is 0.350 e. The molecule has 0 aliphatic carbocycles. The molecule has 1 aliphatic heterocycles. The maximum absolute atomic E-state index is 12.9. The molecular formula is C20H21N5O2. The number of anilines is 1. The minimum atomic E-state index is -0.119. The van der Waals surface area contributed by atoms with Crippen molar-refractivity contribution in [2.75, 3.05) is 18.0 Å². The van der Waals surface area contributed by atoms with E-state index in [0.717, 1.165) is 30.2 Å². The summed E-state index contributed by atoms with van der Waals surface area (Å²) < 4.78 is 1.52. The van der Waals surface area contributed by atoms with Crippen molar-refractivity contribution in [2.24, 2.45) is 7.05 Å². The molecule has 7 heteroatoms. The lowest BCUT2D eigenvalue weighted by Crippen LogP contribution is -2.49. The predicted octanol–water partition coefficient (Wildman–Crippen LogP) is 1.73. The van der Waals surface area contributed by atoms with Crippen LogP contribution in [0.1, 0.15) is 23.2 Å². The topological polar surface area (TPSA) is 80.1 Å². The standard InChI is InChI=1S/C20H21N5O2/c1-24-11-9-22-18(20(24)27)25-10-3-5-15(13-25)23-19(26)17-6-2-4-14-12-21-8-7-16(14)17/h2,4,6-9,11-12,15H,3,5,10,13H2,1H3,(H,23,26). The highest BCUT2D eigenvalue weighted by Crippen LogP contribution is 2.19. The number of nitrogens with one attached hydrogen (secondary N) is 1. The molecule has 1 fully saturated rings. The van der Waals surface area contributed by atoms with Crippen LogP contribution in [-0.4, -0.2) is 39.6 Å². The molecule has 3 heterocycles. The molecule has 4 rings (SSSR count). The fourth-order valence-corrected chi connectivity index (χ4v) is 3.57. The Hall–Kier alpha value is -3.22. The van der Waals surface area contributed by atoms with Crippen LogP contribution < -0.4 is 15.8 Å². The zero-order valence-corrected chi connectivity index (χ0v) is 15.1. The van der Waals surface area contributed by atoms with E-state index in [1.807, 2.05) is 29.2 Å². The van der Waals surface area contributed by atoms with Crippen LogP contribution in [-0.2, 0) is 7.05 Å². The third-order valence-electron chi connectivity index (χ3n) is 4.98. The van der Waals surface area contributed by atoms with Gasteiger partial charge >= 0.3 is 0 Å². The van der Waals surface area contributed by atoms with Gasteiger partial charge in [0.1, 0.15) is 0 Å². The number of pyridine rings is 1. The monoisotopic (exact) mass is 363 g/mol. The third kappa shape index (κ3) is 3.40. The highest BCUT2D eigenvalue weighted by molar-refractivity contribution is 6.06. The zero-order chi connectivity index (χ0) is 18.8. The van der Waals surface area contributed by atoms with Crippen molar-refractivity contribution in [1.82, 2.24) is 19.9 Å². The Labute approximate surface area is 156 Å². The second-order valence-electron chi connectivity index (χ2n) is 6.83. The van der Waals surface area contributed by atoms with Crippen LogP contribution in [0.25, 0.3) is 10.8 Å². The summed E-state index contributed by atoms with van der Waals surface area (Å²) in [7, 11) is 1.71. The van der Waals surface area contributed by atoms with Crippen LogP contribution >= 0.6 is 0 Å². The molecule has 3 aromatic rings. The van der Waals surface area contributed by atoms with E-state index < -0.39 is 0 Å². The van der Waals surface area contributed by atoms with Crippen LogP contribution in [0.5, 0.6) is 0 Å². The SMILES string of the molecule is Cn1ccnc(N2CCCC(NC(=O)c3cccc4cnccc34)C2)c1=O. The summed E-state index contributed by atoms with van der Waals surface area (Å²) in [4.78, 5) is 35.5. The van der Waals surface area contributed by atoms with E-state index in [9.17, 15) is 9.59 Å². The van der Waals surface area contributed by atoms with Gasteiger partial charge in [-0.3, -0.25) is 14.6 Å². The molecule has 1 atom stereocenters. The molecule has 1 unspecified atom stereocenters. The number of hydrogen-bond acceptors (Lipinski definition) is 5. The number of piperidine rings is 1. The van der Waals surface area contributed by atoms with E-state index in [0.29, 0.717) is 17.9 Å². The van der Waals surface area contributed by atoms with E-state index in [1.54, 1.807) is 31.8 Å². The number of aryl methyl sites for hydroxylation is 1. The lowest BCUT2D eigenvalue weighted by atomic mass is 10.0. The molecule has 0 saturated carbocycles. The van der Waals surface area contributed by atoms with Gasteiger partial charge in [-0.15, -0.1) is 0 Å². The third-order valence-corrected chi connectivity index (χ3v) is 4.98. The number of amides is 1. The number of aromatic nitrogens is 3. The summed E-state index contributed by atoms with van der Waals surface area (Å²) in [5.41, 5.74) is 0.520. The average Bonchev–Trinajstić information content (AvgIpc) is 2.70. The summed E-state index contributed by atoms with van der Waals surface area (Å²) in [6.07, 6.45) is 8.49. The molecule has 1 N–H and O–H groups in total. The number of fused-ring (bicyclic) bond motifs is 1. The predicted molar refractivity (Wildman–Crippen MR) is 104 cm³/mol. The van der Waals surface area contributed by atoms with E-state index >= 15 is 0 Å². The Morgan fingerprint density at radius 1 is 1.26 bits per heavy atom. The van der Waals surface area contributed by atoms with Crippen molar-refractivity contribution >= 4 is 22.5 Å². The number of benzene rings is 1. The molecule has 138 valence electrons. The molecule has 27 heavy (non-hydrogen) atoms. The van der Waals surface area contributed by atoms with Crippen LogP contribution in [0.3, 0.4) is 0 Å². The number of carbonyl (C=O) groups excluding carboxylic acids is 1. The first-order valence-electron chi connectivity index (χ1n) is 9.03. The molecule has 1 saturated heterocycles. The van der Waals surface area contributed by atoms with Crippen LogP contribution in [0.4, 0.5) is 5.82 Å². The quantitative estimate of drug-likeness (QED) is 0.767. The Balaban J connectivity index is 1.53. The normalized spacial score (nSPS) is 17.1. The Bertz CT molecular complexity index is 1040. The van der Waals surface area contributed by atoms with Crippen molar-refractivity contribution in [3.63, 3.8) is 0 Å². The van der Waals surface area contributed by atoms with Crippen LogP contribution in [0, 0.1) is 0 Å². The molecule has 7 nitrogen and oxygen atoms in total. The first-order chi connectivity index (χ1) is 13.1. The van der Waals surface area contributed by atoms with Gasteiger partial charge in [-0.25, -0.2) is 4.98 Å². The number of hydrogen-bond donors (Lipinski definition) is 1. The summed E-state index contributed by atoms with van der Waals surface area (Å²) in [6, 6.07) is 7.46. The number of carbonyl (C=O) groups is 1. The second-order valence-corrected chi connectivity index (χ2v) is 6.83. The molecule has 1 aliphatic rings. The smallest absolute Gasteiger partial charge is 0.293 e. The molecule has 0 bridgehead atoms. The molecule has 0 radical (unpaired) electrons. The van der Waals surface area contributed by atoms with Crippen molar-refractivity contribution in [1.29, 1.82) is 0 Å². The summed E-state index contributed by atoms with van der Waals surface area (Å²) in [5, 5.41) is 4.95. The fraction of sp³-hybridized carbons (Fsp3) is 0.300. The number of nitrogens with zero attached hydrogens (tertiary/aromatic N) is 4. The van der Waals surface area contributed by atoms with Gasteiger partial charge in [-0.2, -0.15) is 0 Å². The van der Waals surface area contributed by atoms with Crippen molar-refractivity contribution in [3.05, 3.63) is 65.0 Å². The highest BCUT2D eigenvalue weighted by atomic mass is 16.2. The van der Waals surface area contributed by atoms with Gasteiger partial charge in [-0.1, -0.05) is 12.1 Å². The minimum Gasteiger partial charge on any atom is -0.350 e. The van der Waals surface area contributed by atoms with E-state index in [4.69, 9.17) is 0 Å². The summed E-state index contributed by atoms with van der Waals surface area (Å²) in [6.45, 7) is 1.34. The van der Waals surface area contributed by atoms with Gasteiger partial charge in [0.15, 0.2) is 5.82 Å². The summed E-state index contributed by atoms with van der Waals surface area (Å²) >= 11 is 0. The van der Waals surface area contributed by atoms with E-state index in [-0.39, 0.29) is 17.5 Å².